The average molecular weight is 637 g/mol. The van der Waals surface area contributed by atoms with Crippen molar-refractivity contribution < 1.29 is 33.0 Å². The second-order valence-corrected chi connectivity index (χ2v) is 12.6. The van der Waals surface area contributed by atoms with Crippen molar-refractivity contribution in [3.05, 3.63) is 71.8 Å². The molecule has 0 radical (unpaired) electrons. The smallest absolute Gasteiger partial charge is 0.407 e. The minimum Gasteiger partial charge on any atom is -0.481 e. The summed E-state index contributed by atoms with van der Waals surface area (Å²) in [6.45, 7) is 12.4. The number of carbonyl (C=O) groups is 3. The molecule has 3 aromatic rings. The predicted octanol–water partition coefficient (Wildman–Crippen LogP) is 5.00. The SMILES string of the molecule is COc1ncc(C(=O)N2CCN(C(C)C(=O)Nc3ccc(Oc4ccc(F)cc4)cn3)CC2(C)C)cc1CNC(=O)OC(C)(C)C. The van der Waals surface area contributed by atoms with Gasteiger partial charge in [-0.3, -0.25) is 14.5 Å². The normalized spacial score (nSPS) is 15.4. The van der Waals surface area contributed by atoms with Gasteiger partial charge in [0.2, 0.25) is 11.8 Å². The summed E-state index contributed by atoms with van der Waals surface area (Å²) in [6.07, 6.45) is 2.34. The Kier molecular flexibility index (Phi) is 10.5. The van der Waals surface area contributed by atoms with Crippen LogP contribution in [0, 0.1) is 5.82 Å². The average Bonchev–Trinajstić information content (AvgIpc) is 3.00. The van der Waals surface area contributed by atoms with E-state index in [1.165, 1.54) is 43.8 Å². The number of hydrogen-bond acceptors (Lipinski definition) is 9. The number of nitrogens with zero attached hydrogens (tertiary/aromatic N) is 4. The number of methoxy groups -OCH3 is 1. The van der Waals surface area contributed by atoms with Crippen LogP contribution in [-0.4, -0.2) is 81.6 Å². The third-order valence-electron chi connectivity index (χ3n) is 7.33. The van der Waals surface area contributed by atoms with Crippen LogP contribution in [0.4, 0.5) is 15.0 Å². The Labute approximate surface area is 268 Å². The van der Waals surface area contributed by atoms with Crippen LogP contribution in [0.5, 0.6) is 17.4 Å². The first-order valence-corrected chi connectivity index (χ1v) is 14.9. The fourth-order valence-corrected chi connectivity index (χ4v) is 5.01. The Balaban J connectivity index is 1.35. The Hall–Kier alpha value is -4.78. The fraction of sp³-hybridized carbons (Fsp3) is 0.424. The fourth-order valence-electron chi connectivity index (χ4n) is 5.01. The molecule has 1 aliphatic rings. The van der Waals surface area contributed by atoms with Gasteiger partial charge in [0.05, 0.1) is 37.0 Å². The Morgan fingerprint density at radius 1 is 1.02 bits per heavy atom. The first kappa shape index (κ1) is 34.1. The van der Waals surface area contributed by atoms with Gasteiger partial charge in [0.15, 0.2) is 0 Å². The molecule has 2 N–H and O–H groups in total. The van der Waals surface area contributed by atoms with Gasteiger partial charge in [-0.05, 0) is 84.0 Å². The highest BCUT2D eigenvalue weighted by molar-refractivity contribution is 5.95. The van der Waals surface area contributed by atoms with E-state index in [0.29, 0.717) is 54.0 Å². The van der Waals surface area contributed by atoms with Gasteiger partial charge in [-0.2, -0.15) is 0 Å². The van der Waals surface area contributed by atoms with Crippen molar-refractivity contribution in [2.24, 2.45) is 0 Å². The number of benzene rings is 1. The Bertz CT molecular complexity index is 1540. The standard InChI is InChI=1S/C33H41FN6O6/c1-21(28(41)38-27-13-12-26(19-35-27)45-25-10-8-24(34)9-11-25)39-14-15-40(33(5,6)20-39)30(42)23-16-22(29(44-7)36-18-23)17-37-31(43)46-32(2,3)4/h8-13,16,18-19,21H,14-15,17,20H2,1-7H3,(H,37,43)(H,35,38,41). The molecule has 1 aromatic carbocycles. The number of rotatable bonds is 9. The third kappa shape index (κ3) is 8.90. The van der Waals surface area contributed by atoms with Crippen LogP contribution >= 0.6 is 0 Å². The zero-order valence-corrected chi connectivity index (χ0v) is 27.2. The van der Waals surface area contributed by atoms with E-state index in [1.54, 1.807) is 43.9 Å². The van der Waals surface area contributed by atoms with E-state index in [-0.39, 0.29) is 24.2 Å². The second kappa shape index (κ2) is 14.1. The van der Waals surface area contributed by atoms with Crippen LogP contribution in [-0.2, 0) is 16.1 Å². The molecule has 13 heteroatoms. The Morgan fingerprint density at radius 3 is 2.33 bits per heavy atom. The van der Waals surface area contributed by atoms with Gasteiger partial charge in [0.1, 0.15) is 28.7 Å². The van der Waals surface area contributed by atoms with Gasteiger partial charge in [-0.25, -0.2) is 19.2 Å². The van der Waals surface area contributed by atoms with Gasteiger partial charge in [-0.1, -0.05) is 0 Å². The highest BCUT2D eigenvalue weighted by Gasteiger charge is 2.40. The van der Waals surface area contributed by atoms with Crippen molar-refractivity contribution >= 4 is 23.7 Å². The molecule has 1 aliphatic heterocycles. The summed E-state index contributed by atoms with van der Waals surface area (Å²) in [7, 11) is 1.47. The number of nitrogens with one attached hydrogen (secondary N) is 2. The lowest BCUT2D eigenvalue weighted by Crippen LogP contribution is -2.63. The number of aromatic nitrogens is 2. The number of carbonyl (C=O) groups excluding carboxylic acids is 3. The molecule has 1 fully saturated rings. The molecular formula is C33H41FN6O6. The summed E-state index contributed by atoms with van der Waals surface area (Å²) in [4.78, 5) is 51.4. The number of hydrogen-bond donors (Lipinski definition) is 2. The molecule has 3 amide bonds. The number of piperazine rings is 1. The third-order valence-corrected chi connectivity index (χ3v) is 7.33. The molecule has 0 aliphatic carbocycles. The maximum Gasteiger partial charge on any atom is 0.407 e. The van der Waals surface area contributed by atoms with E-state index < -0.39 is 23.3 Å². The van der Waals surface area contributed by atoms with Crippen molar-refractivity contribution in [3.8, 4) is 17.4 Å². The predicted molar refractivity (Wildman–Crippen MR) is 169 cm³/mol. The van der Waals surface area contributed by atoms with Crippen molar-refractivity contribution in [2.75, 3.05) is 32.1 Å². The molecule has 4 rings (SSSR count). The lowest BCUT2D eigenvalue weighted by molar-refractivity contribution is -0.122. The zero-order chi connectivity index (χ0) is 33.6. The van der Waals surface area contributed by atoms with Crippen LogP contribution in [0.1, 0.15) is 57.5 Å². The van der Waals surface area contributed by atoms with E-state index >= 15 is 0 Å². The molecule has 3 heterocycles. The van der Waals surface area contributed by atoms with Gasteiger partial charge in [0.25, 0.3) is 5.91 Å². The van der Waals surface area contributed by atoms with Crippen LogP contribution < -0.4 is 20.1 Å². The lowest BCUT2D eigenvalue weighted by atomic mass is 9.96. The highest BCUT2D eigenvalue weighted by Crippen LogP contribution is 2.27. The van der Waals surface area contributed by atoms with E-state index in [9.17, 15) is 18.8 Å². The minimum absolute atomic E-state index is 0.0643. The number of halogens is 1. The summed E-state index contributed by atoms with van der Waals surface area (Å²) in [5.74, 6) is 0.746. The number of amides is 3. The second-order valence-electron chi connectivity index (χ2n) is 12.6. The van der Waals surface area contributed by atoms with E-state index in [4.69, 9.17) is 14.2 Å². The van der Waals surface area contributed by atoms with Crippen molar-refractivity contribution in [2.45, 2.75) is 65.3 Å². The topological polar surface area (TPSA) is 135 Å². The van der Waals surface area contributed by atoms with Crippen LogP contribution in [0.25, 0.3) is 0 Å². The van der Waals surface area contributed by atoms with Crippen LogP contribution in [0.15, 0.2) is 54.9 Å². The van der Waals surface area contributed by atoms with Crippen LogP contribution in [0.3, 0.4) is 0 Å². The van der Waals surface area contributed by atoms with Gasteiger partial charge >= 0.3 is 6.09 Å². The van der Waals surface area contributed by atoms with Crippen molar-refractivity contribution in [1.82, 2.24) is 25.1 Å². The van der Waals surface area contributed by atoms with E-state index in [0.717, 1.165) is 0 Å². The summed E-state index contributed by atoms with van der Waals surface area (Å²) in [6, 6.07) is 10.1. The minimum atomic E-state index is -0.652. The molecular weight excluding hydrogens is 595 g/mol. The molecule has 0 saturated carbocycles. The number of alkyl carbamates (subject to hydrolysis) is 1. The zero-order valence-electron chi connectivity index (χ0n) is 27.2. The van der Waals surface area contributed by atoms with Gasteiger partial charge in [-0.15, -0.1) is 0 Å². The van der Waals surface area contributed by atoms with E-state index in [1.807, 2.05) is 25.7 Å². The molecule has 1 atom stereocenters. The summed E-state index contributed by atoms with van der Waals surface area (Å²) < 4.78 is 29.4. The molecule has 12 nitrogen and oxygen atoms in total. The number of anilines is 1. The van der Waals surface area contributed by atoms with Crippen LogP contribution in [0.2, 0.25) is 0 Å². The van der Waals surface area contributed by atoms with E-state index in [2.05, 4.69) is 20.6 Å². The Morgan fingerprint density at radius 2 is 1.72 bits per heavy atom. The van der Waals surface area contributed by atoms with Gasteiger partial charge in [0, 0.05) is 31.4 Å². The summed E-state index contributed by atoms with van der Waals surface area (Å²) in [5, 5.41) is 5.52. The maximum atomic E-state index is 13.7. The summed E-state index contributed by atoms with van der Waals surface area (Å²) in [5.41, 5.74) is -0.381. The maximum absolute atomic E-state index is 13.7. The van der Waals surface area contributed by atoms with Gasteiger partial charge < -0.3 is 29.7 Å². The molecule has 1 saturated heterocycles. The molecule has 0 spiro atoms. The summed E-state index contributed by atoms with van der Waals surface area (Å²) >= 11 is 0. The number of pyridine rings is 2. The quantitative estimate of drug-likeness (QED) is 0.333. The molecule has 46 heavy (non-hydrogen) atoms. The molecule has 1 unspecified atom stereocenters. The first-order chi connectivity index (χ1) is 21.6. The number of ether oxygens (including phenoxy) is 3. The lowest BCUT2D eigenvalue weighted by Gasteiger charge is -2.48. The highest BCUT2D eigenvalue weighted by atomic mass is 19.1. The van der Waals surface area contributed by atoms with Crippen molar-refractivity contribution in [3.63, 3.8) is 0 Å². The largest absolute Gasteiger partial charge is 0.481 e. The first-order valence-electron chi connectivity index (χ1n) is 14.9. The molecule has 2 aromatic heterocycles. The molecule has 0 bridgehead atoms. The molecule has 246 valence electrons. The van der Waals surface area contributed by atoms with Crippen molar-refractivity contribution in [1.29, 1.82) is 0 Å². The monoisotopic (exact) mass is 636 g/mol.